The van der Waals surface area contributed by atoms with Gasteiger partial charge in [0, 0.05) is 11.3 Å². The van der Waals surface area contributed by atoms with Crippen LogP contribution >= 0.6 is 0 Å². The van der Waals surface area contributed by atoms with Crippen LogP contribution in [0.15, 0.2) is 48.0 Å². The highest BCUT2D eigenvalue weighted by atomic mass is 16.5. The molecular weight excluding hydrogens is 312 g/mol. The van der Waals surface area contributed by atoms with Crippen LogP contribution in [0.3, 0.4) is 0 Å². The van der Waals surface area contributed by atoms with E-state index in [9.17, 15) is 10.1 Å². The lowest BCUT2D eigenvalue weighted by molar-refractivity contribution is -0.112. The van der Waals surface area contributed by atoms with Crippen LogP contribution in [-0.2, 0) is 4.79 Å². The lowest BCUT2D eigenvalue weighted by Crippen LogP contribution is -2.14. The molecule has 2 aromatic rings. The summed E-state index contributed by atoms with van der Waals surface area (Å²) in [5.74, 6) is 0.234. The third kappa shape index (κ3) is 4.71. The van der Waals surface area contributed by atoms with Gasteiger partial charge >= 0.3 is 0 Å². The van der Waals surface area contributed by atoms with Gasteiger partial charge in [0.25, 0.3) is 5.91 Å². The van der Waals surface area contributed by atoms with Crippen molar-refractivity contribution in [3.8, 4) is 11.8 Å². The molecule has 0 atom stereocenters. The van der Waals surface area contributed by atoms with E-state index in [1.54, 1.807) is 6.08 Å². The Labute approximate surface area is 148 Å². The number of ether oxygens (including phenoxy) is 1. The van der Waals surface area contributed by atoms with Crippen molar-refractivity contribution < 1.29 is 9.53 Å². The number of nitrogens with one attached hydrogen (secondary N) is 1. The first-order valence-corrected chi connectivity index (χ1v) is 8.28. The summed E-state index contributed by atoms with van der Waals surface area (Å²) in [5.41, 5.74) is 3.53. The van der Waals surface area contributed by atoms with Crippen molar-refractivity contribution in [2.45, 2.75) is 27.2 Å². The number of carbonyl (C=O) groups excluding carboxylic acids is 1. The number of aryl methyl sites for hydroxylation is 1. The van der Waals surface area contributed by atoms with Crippen molar-refractivity contribution in [2.75, 3.05) is 11.9 Å². The Hall–Kier alpha value is -3.06. The molecule has 0 aliphatic rings. The smallest absolute Gasteiger partial charge is 0.266 e. The molecule has 0 saturated carbocycles. The summed E-state index contributed by atoms with van der Waals surface area (Å²) in [7, 11) is 0. The van der Waals surface area contributed by atoms with E-state index in [0.717, 1.165) is 17.5 Å². The first kappa shape index (κ1) is 18.3. The van der Waals surface area contributed by atoms with Crippen LogP contribution in [0.25, 0.3) is 6.08 Å². The standard InChI is InChI=1S/C21H22N2O2/c1-4-12-25-20-11-6-5-9-17(20)13-18(14-22)21(24)23-19-10-7-8-15(2)16(19)3/h5-11,13H,4,12H2,1-3H3,(H,23,24)/b18-13+. The summed E-state index contributed by atoms with van der Waals surface area (Å²) < 4.78 is 5.68. The Kier molecular flexibility index (Phi) is 6.36. The molecule has 128 valence electrons. The normalized spacial score (nSPS) is 10.9. The van der Waals surface area contributed by atoms with E-state index < -0.39 is 5.91 Å². The molecule has 0 radical (unpaired) electrons. The van der Waals surface area contributed by atoms with Gasteiger partial charge in [-0.05, 0) is 49.6 Å². The lowest BCUT2D eigenvalue weighted by Gasteiger charge is -2.11. The molecule has 2 rings (SSSR count). The zero-order valence-electron chi connectivity index (χ0n) is 14.8. The van der Waals surface area contributed by atoms with E-state index in [1.807, 2.05) is 69.3 Å². The van der Waals surface area contributed by atoms with Crippen LogP contribution < -0.4 is 10.1 Å². The monoisotopic (exact) mass is 334 g/mol. The molecule has 0 aliphatic carbocycles. The summed E-state index contributed by atoms with van der Waals surface area (Å²) in [6.45, 7) is 6.53. The van der Waals surface area contributed by atoms with Gasteiger partial charge in [0.2, 0.25) is 0 Å². The number of hydrogen-bond acceptors (Lipinski definition) is 3. The Morgan fingerprint density at radius 3 is 2.68 bits per heavy atom. The lowest BCUT2D eigenvalue weighted by atomic mass is 10.1. The second-order valence-corrected chi connectivity index (χ2v) is 5.76. The second kappa shape index (κ2) is 8.70. The van der Waals surface area contributed by atoms with Crippen molar-refractivity contribution >= 4 is 17.7 Å². The van der Waals surface area contributed by atoms with E-state index in [-0.39, 0.29) is 5.57 Å². The summed E-state index contributed by atoms with van der Waals surface area (Å²) in [6, 6.07) is 15.0. The largest absolute Gasteiger partial charge is 0.493 e. The van der Waals surface area contributed by atoms with Crippen LogP contribution in [0.5, 0.6) is 5.75 Å². The highest BCUT2D eigenvalue weighted by molar-refractivity contribution is 6.10. The molecule has 0 unspecified atom stereocenters. The number of nitriles is 1. The van der Waals surface area contributed by atoms with Gasteiger partial charge < -0.3 is 10.1 Å². The molecular formula is C21H22N2O2. The quantitative estimate of drug-likeness (QED) is 0.618. The van der Waals surface area contributed by atoms with Gasteiger partial charge in [-0.2, -0.15) is 5.26 Å². The van der Waals surface area contributed by atoms with Crippen molar-refractivity contribution in [3.63, 3.8) is 0 Å². The molecule has 4 heteroatoms. The molecule has 2 aromatic carbocycles. The number of anilines is 1. The van der Waals surface area contributed by atoms with E-state index in [1.165, 1.54) is 0 Å². The number of nitrogens with zero attached hydrogens (tertiary/aromatic N) is 1. The van der Waals surface area contributed by atoms with Gasteiger partial charge in [-0.25, -0.2) is 0 Å². The van der Waals surface area contributed by atoms with Gasteiger partial charge in [-0.1, -0.05) is 37.3 Å². The maximum atomic E-state index is 12.5. The van der Waals surface area contributed by atoms with Gasteiger partial charge in [-0.3, -0.25) is 4.79 Å². The topological polar surface area (TPSA) is 62.1 Å². The van der Waals surface area contributed by atoms with Crippen LogP contribution in [0.1, 0.15) is 30.0 Å². The minimum absolute atomic E-state index is 0.0356. The average Bonchev–Trinajstić information content (AvgIpc) is 2.62. The molecule has 0 fully saturated rings. The first-order chi connectivity index (χ1) is 12.1. The van der Waals surface area contributed by atoms with E-state index in [2.05, 4.69) is 5.32 Å². The molecule has 0 spiro atoms. The second-order valence-electron chi connectivity index (χ2n) is 5.76. The molecule has 0 saturated heterocycles. The van der Waals surface area contributed by atoms with Crippen LogP contribution in [0, 0.1) is 25.2 Å². The van der Waals surface area contributed by atoms with Crippen LogP contribution in [0.2, 0.25) is 0 Å². The number of rotatable bonds is 6. The fourth-order valence-corrected chi connectivity index (χ4v) is 2.32. The maximum absolute atomic E-state index is 12.5. The first-order valence-electron chi connectivity index (χ1n) is 8.28. The Balaban J connectivity index is 2.27. The zero-order valence-corrected chi connectivity index (χ0v) is 14.8. The summed E-state index contributed by atoms with van der Waals surface area (Å²) in [6.07, 6.45) is 2.45. The number of carbonyl (C=O) groups is 1. The fourth-order valence-electron chi connectivity index (χ4n) is 2.32. The minimum atomic E-state index is -0.429. The van der Waals surface area contributed by atoms with Gasteiger partial charge in [0.15, 0.2) is 0 Å². The fraction of sp³-hybridized carbons (Fsp3) is 0.238. The highest BCUT2D eigenvalue weighted by Crippen LogP contribution is 2.23. The van der Waals surface area contributed by atoms with E-state index >= 15 is 0 Å². The van der Waals surface area contributed by atoms with Crippen molar-refractivity contribution in [1.29, 1.82) is 5.26 Å². The van der Waals surface area contributed by atoms with Crippen molar-refractivity contribution in [3.05, 3.63) is 64.7 Å². The zero-order chi connectivity index (χ0) is 18.2. The Morgan fingerprint density at radius 2 is 1.96 bits per heavy atom. The van der Waals surface area contributed by atoms with Crippen LogP contribution in [-0.4, -0.2) is 12.5 Å². The summed E-state index contributed by atoms with van der Waals surface area (Å²) in [5, 5.41) is 12.2. The molecule has 0 heterocycles. The number of benzene rings is 2. The molecule has 4 nitrogen and oxygen atoms in total. The molecule has 1 amide bonds. The molecule has 25 heavy (non-hydrogen) atoms. The SMILES string of the molecule is CCCOc1ccccc1/C=C(\C#N)C(=O)Nc1cccc(C)c1C. The summed E-state index contributed by atoms with van der Waals surface area (Å²) >= 11 is 0. The average molecular weight is 334 g/mol. The van der Waals surface area contributed by atoms with Crippen molar-refractivity contribution in [2.24, 2.45) is 0 Å². The molecule has 0 aliphatic heterocycles. The third-order valence-electron chi connectivity index (χ3n) is 3.90. The maximum Gasteiger partial charge on any atom is 0.266 e. The van der Waals surface area contributed by atoms with Gasteiger partial charge in [0.05, 0.1) is 6.61 Å². The van der Waals surface area contributed by atoms with Crippen molar-refractivity contribution in [1.82, 2.24) is 0 Å². The highest BCUT2D eigenvalue weighted by Gasteiger charge is 2.12. The predicted molar refractivity (Wildman–Crippen MR) is 100 cm³/mol. The van der Waals surface area contributed by atoms with Crippen LogP contribution in [0.4, 0.5) is 5.69 Å². The summed E-state index contributed by atoms with van der Waals surface area (Å²) in [4.78, 5) is 12.5. The van der Waals surface area contributed by atoms with Gasteiger partial charge in [-0.15, -0.1) is 0 Å². The Bertz CT molecular complexity index is 832. The van der Waals surface area contributed by atoms with Gasteiger partial charge in [0.1, 0.15) is 17.4 Å². The Morgan fingerprint density at radius 1 is 1.20 bits per heavy atom. The van der Waals surface area contributed by atoms with E-state index in [0.29, 0.717) is 23.6 Å². The predicted octanol–water partition coefficient (Wildman–Crippen LogP) is 4.64. The minimum Gasteiger partial charge on any atom is -0.493 e. The number of amides is 1. The molecule has 0 aromatic heterocycles. The molecule has 0 bridgehead atoms. The molecule has 1 N–H and O–H groups in total. The number of para-hydroxylation sites is 1. The van der Waals surface area contributed by atoms with E-state index in [4.69, 9.17) is 4.74 Å². The number of hydrogen-bond donors (Lipinski definition) is 1. The third-order valence-corrected chi connectivity index (χ3v) is 3.90.